The molecule has 3 rings (SSSR count). The van der Waals surface area contributed by atoms with Gasteiger partial charge in [-0.25, -0.2) is 0 Å². The van der Waals surface area contributed by atoms with Gasteiger partial charge in [0.25, 0.3) is 5.91 Å². The Kier molecular flexibility index (Phi) is 5.15. The molecule has 24 heavy (non-hydrogen) atoms. The maximum Gasteiger partial charge on any atom is 0.316 e. The van der Waals surface area contributed by atoms with E-state index in [-0.39, 0.29) is 11.3 Å². The van der Waals surface area contributed by atoms with Gasteiger partial charge >= 0.3 is 5.97 Å². The zero-order valence-electron chi connectivity index (χ0n) is 13.9. The lowest BCUT2D eigenvalue weighted by Crippen LogP contribution is -2.35. The average Bonchev–Trinajstić information content (AvgIpc) is 2.98. The normalized spacial score (nSPS) is 21.0. The Hall–Kier alpha value is -1.53. The minimum atomic E-state index is -0.871. The molecule has 0 bridgehead atoms. The van der Waals surface area contributed by atoms with Gasteiger partial charge in [0.2, 0.25) is 0 Å². The van der Waals surface area contributed by atoms with Crippen molar-refractivity contribution >= 4 is 23.6 Å². The van der Waals surface area contributed by atoms with Crippen LogP contribution in [0.25, 0.3) is 0 Å². The van der Waals surface area contributed by atoms with Crippen LogP contribution in [-0.2, 0) is 9.53 Å². The predicted octanol–water partition coefficient (Wildman–Crippen LogP) is 2.89. The minimum absolute atomic E-state index is 0.0130. The number of nitrogens with zero attached hydrogens (tertiary/aromatic N) is 1. The van der Waals surface area contributed by atoms with E-state index >= 15 is 0 Å². The molecule has 1 unspecified atom stereocenters. The molecule has 0 saturated carbocycles. The minimum Gasteiger partial charge on any atom is -0.480 e. The number of amides is 1. The molecular formula is C18H23NO4S. The number of carboxylic acid groups (broad SMARTS) is 1. The van der Waals surface area contributed by atoms with E-state index in [1.807, 2.05) is 23.1 Å². The van der Waals surface area contributed by atoms with Gasteiger partial charge in [-0.3, -0.25) is 9.59 Å². The molecule has 2 aliphatic rings. The zero-order valence-corrected chi connectivity index (χ0v) is 14.7. The molecule has 1 spiro atoms. The maximum atomic E-state index is 13.0. The Morgan fingerprint density at radius 3 is 2.67 bits per heavy atom. The van der Waals surface area contributed by atoms with Crippen LogP contribution >= 0.6 is 11.8 Å². The molecule has 2 saturated heterocycles. The first-order valence-electron chi connectivity index (χ1n) is 8.36. The summed E-state index contributed by atoms with van der Waals surface area (Å²) >= 11 is 1.23. The van der Waals surface area contributed by atoms with Gasteiger partial charge in [-0.2, -0.15) is 0 Å². The van der Waals surface area contributed by atoms with Crippen LogP contribution in [0.1, 0.15) is 36.5 Å². The zero-order chi connectivity index (χ0) is 17.2. The van der Waals surface area contributed by atoms with Crippen LogP contribution < -0.4 is 0 Å². The highest BCUT2D eigenvalue weighted by molar-refractivity contribution is 8.00. The van der Waals surface area contributed by atoms with Gasteiger partial charge in [0, 0.05) is 31.2 Å². The molecule has 0 aliphatic carbocycles. The standard InChI is InChI=1S/C18H23NO4S/c1-13(17(21)22)24-15-5-3-2-4-14(15)16(20)19-9-6-18(12-19)7-10-23-11-8-18/h2-5,13H,6-12H2,1H3,(H,21,22). The fraction of sp³-hybridized carbons (Fsp3) is 0.556. The summed E-state index contributed by atoms with van der Waals surface area (Å²) in [6.45, 7) is 4.76. The molecule has 1 aromatic carbocycles. The van der Waals surface area contributed by atoms with Gasteiger partial charge in [-0.05, 0) is 43.7 Å². The summed E-state index contributed by atoms with van der Waals surface area (Å²) in [5, 5.41) is 8.54. The van der Waals surface area contributed by atoms with Crippen LogP contribution in [0.2, 0.25) is 0 Å². The van der Waals surface area contributed by atoms with E-state index in [1.165, 1.54) is 11.8 Å². The third-order valence-electron chi connectivity index (χ3n) is 5.05. The summed E-state index contributed by atoms with van der Waals surface area (Å²) < 4.78 is 5.46. The number of rotatable bonds is 4. The van der Waals surface area contributed by atoms with Gasteiger partial charge in [0.15, 0.2) is 0 Å². The van der Waals surface area contributed by atoms with E-state index in [4.69, 9.17) is 9.84 Å². The van der Waals surface area contributed by atoms with Crippen molar-refractivity contribution in [1.29, 1.82) is 0 Å². The largest absolute Gasteiger partial charge is 0.480 e. The number of carbonyl (C=O) groups is 2. The van der Waals surface area contributed by atoms with E-state index in [0.717, 1.165) is 50.5 Å². The summed E-state index contributed by atoms with van der Waals surface area (Å²) in [5.74, 6) is -0.858. The van der Waals surface area contributed by atoms with Gasteiger partial charge < -0.3 is 14.7 Å². The number of hydrogen-bond donors (Lipinski definition) is 1. The van der Waals surface area contributed by atoms with Crippen LogP contribution in [0.5, 0.6) is 0 Å². The molecule has 1 N–H and O–H groups in total. The van der Waals surface area contributed by atoms with Crippen LogP contribution in [-0.4, -0.2) is 53.4 Å². The molecule has 0 aromatic heterocycles. The molecule has 1 amide bonds. The van der Waals surface area contributed by atoms with Crippen molar-refractivity contribution in [3.8, 4) is 0 Å². The highest BCUT2D eigenvalue weighted by Crippen LogP contribution is 2.40. The fourth-order valence-corrected chi connectivity index (χ4v) is 4.40. The summed E-state index contributed by atoms with van der Waals surface area (Å²) in [5.41, 5.74) is 0.823. The molecule has 2 aliphatic heterocycles. The second-order valence-corrected chi connectivity index (χ2v) is 8.07. The SMILES string of the molecule is CC(Sc1ccccc1C(=O)N1CCC2(CCOCC2)C1)C(=O)O. The summed E-state index contributed by atoms with van der Waals surface area (Å²) in [6.07, 6.45) is 3.06. The van der Waals surface area contributed by atoms with Crippen LogP contribution in [0.3, 0.4) is 0 Å². The summed E-state index contributed by atoms with van der Waals surface area (Å²) in [4.78, 5) is 26.8. The van der Waals surface area contributed by atoms with E-state index in [2.05, 4.69) is 0 Å². The molecule has 5 nitrogen and oxygen atoms in total. The maximum absolute atomic E-state index is 13.0. The average molecular weight is 349 g/mol. The van der Waals surface area contributed by atoms with Crippen molar-refractivity contribution < 1.29 is 19.4 Å². The highest BCUT2D eigenvalue weighted by atomic mass is 32.2. The summed E-state index contributed by atoms with van der Waals surface area (Å²) in [6, 6.07) is 7.31. The predicted molar refractivity (Wildman–Crippen MR) is 92.4 cm³/mol. The lowest BCUT2D eigenvalue weighted by Gasteiger charge is -2.33. The Morgan fingerprint density at radius 1 is 1.25 bits per heavy atom. The van der Waals surface area contributed by atoms with E-state index < -0.39 is 11.2 Å². The Labute approximate surface area is 146 Å². The van der Waals surface area contributed by atoms with E-state index in [0.29, 0.717) is 5.56 Å². The van der Waals surface area contributed by atoms with Crippen molar-refractivity contribution in [3.63, 3.8) is 0 Å². The van der Waals surface area contributed by atoms with E-state index in [1.54, 1.807) is 13.0 Å². The monoisotopic (exact) mass is 349 g/mol. The number of hydrogen-bond acceptors (Lipinski definition) is 4. The number of benzene rings is 1. The molecule has 2 heterocycles. The van der Waals surface area contributed by atoms with Crippen molar-refractivity contribution in [3.05, 3.63) is 29.8 Å². The highest BCUT2D eigenvalue weighted by Gasteiger charge is 2.41. The third-order valence-corrected chi connectivity index (χ3v) is 6.21. The second kappa shape index (κ2) is 7.15. The van der Waals surface area contributed by atoms with Crippen LogP contribution in [0.15, 0.2) is 29.2 Å². The smallest absolute Gasteiger partial charge is 0.316 e. The first-order chi connectivity index (χ1) is 11.5. The van der Waals surface area contributed by atoms with E-state index in [9.17, 15) is 9.59 Å². The number of thioether (sulfide) groups is 1. The quantitative estimate of drug-likeness (QED) is 0.847. The molecule has 130 valence electrons. The lowest BCUT2D eigenvalue weighted by atomic mass is 9.80. The fourth-order valence-electron chi connectivity index (χ4n) is 3.48. The first-order valence-corrected chi connectivity index (χ1v) is 9.24. The van der Waals surface area contributed by atoms with Gasteiger partial charge in [0.05, 0.1) is 5.56 Å². The van der Waals surface area contributed by atoms with Crippen LogP contribution in [0.4, 0.5) is 0 Å². The molecule has 1 atom stereocenters. The second-order valence-electron chi connectivity index (χ2n) is 6.68. The topological polar surface area (TPSA) is 66.8 Å². The van der Waals surface area contributed by atoms with Gasteiger partial charge in [0.1, 0.15) is 5.25 Å². The van der Waals surface area contributed by atoms with Crippen molar-refractivity contribution in [2.75, 3.05) is 26.3 Å². The van der Waals surface area contributed by atoms with Gasteiger partial charge in [-0.1, -0.05) is 12.1 Å². The number of likely N-dealkylation sites (tertiary alicyclic amines) is 1. The molecule has 2 fully saturated rings. The molecule has 1 aromatic rings. The van der Waals surface area contributed by atoms with Crippen molar-refractivity contribution in [1.82, 2.24) is 4.90 Å². The number of aliphatic carboxylic acids is 1. The van der Waals surface area contributed by atoms with Crippen molar-refractivity contribution in [2.24, 2.45) is 5.41 Å². The first kappa shape index (κ1) is 17.3. The molecular weight excluding hydrogens is 326 g/mol. The Morgan fingerprint density at radius 2 is 1.96 bits per heavy atom. The molecule has 6 heteroatoms. The molecule has 0 radical (unpaired) electrons. The lowest BCUT2D eigenvalue weighted by molar-refractivity contribution is -0.136. The number of carbonyl (C=O) groups excluding carboxylic acids is 1. The van der Waals surface area contributed by atoms with Crippen LogP contribution in [0, 0.1) is 5.41 Å². The Balaban J connectivity index is 1.75. The van der Waals surface area contributed by atoms with Gasteiger partial charge in [-0.15, -0.1) is 11.8 Å². The number of ether oxygens (including phenoxy) is 1. The van der Waals surface area contributed by atoms with Crippen molar-refractivity contribution in [2.45, 2.75) is 36.3 Å². The number of carboxylic acids is 1. The third kappa shape index (κ3) is 3.59. The Bertz CT molecular complexity index is 627. The summed E-state index contributed by atoms with van der Waals surface area (Å²) in [7, 11) is 0.